The third-order valence-electron chi connectivity index (χ3n) is 4.87. The van der Waals surface area contributed by atoms with E-state index in [0.717, 1.165) is 5.56 Å². The fourth-order valence-corrected chi connectivity index (χ4v) is 3.40. The Hall–Kier alpha value is -2.45. The van der Waals surface area contributed by atoms with Gasteiger partial charge in [-0.05, 0) is 33.3 Å². The quantitative estimate of drug-likeness (QED) is 0.523. The first-order valence-corrected chi connectivity index (χ1v) is 9.74. The Bertz CT molecular complexity index is 758. The molecule has 0 amide bonds. The molecule has 29 heavy (non-hydrogen) atoms. The number of nitrogens with zero attached hydrogens (tertiary/aromatic N) is 1. The summed E-state index contributed by atoms with van der Waals surface area (Å²) in [6, 6.07) is 8.55. The number of ether oxygens (including phenoxy) is 3. The van der Waals surface area contributed by atoms with Gasteiger partial charge in [0, 0.05) is 0 Å². The molecule has 0 bridgehead atoms. The minimum Gasteiger partial charge on any atom is -0.465 e. The van der Waals surface area contributed by atoms with Crippen LogP contribution < -0.4 is 0 Å². The highest BCUT2D eigenvalue weighted by Crippen LogP contribution is 2.39. The minimum absolute atomic E-state index is 0.127. The number of rotatable bonds is 6. The zero-order chi connectivity index (χ0) is 21.2. The minimum atomic E-state index is -0.920. The van der Waals surface area contributed by atoms with E-state index in [1.807, 2.05) is 30.3 Å². The molecule has 3 rings (SSSR count). The van der Waals surface area contributed by atoms with Gasteiger partial charge in [0.1, 0.15) is 24.7 Å². The zero-order valence-electron chi connectivity index (χ0n) is 17.1. The van der Waals surface area contributed by atoms with Crippen LogP contribution in [0.15, 0.2) is 30.3 Å². The van der Waals surface area contributed by atoms with E-state index in [4.69, 9.17) is 19.0 Å². The van der Waals surface area contributed by atoms with Crippen molar-refractivity contribution in [2.75, 3.05) is 13.2 Å². The van der Waals surface area contributed by atoms with Crippen molar-refractivity contribution in [3.8, 4) is 0 Å². The van der Waals surface area contributed by atoms with E-state index in [1.54, 1.807) is 27.7 Å². The molecule has 2 saturated heterocycles. The van der Waals surface area contributed by atoms with E-state index >= 15 is 0 Å². The van der Waals surface area contributed by atoms with Gasteiger partial charge in [0.25, 0.3) is 0 Å². The van der Waals surface area contributed by atoms with Crippen molar-refractivity contribution >= 4 is 17.9 Å². The monoisotopic (exact) mass is 405 g/mol. The predicted octanol–water partition coefficient (Wildman–Crippen LogP) is 1.86. The summed E-state index contributed by atoms with van der Waals surface area (Å²) < 4.78 is 15.9. The van der Waals surface area contributed by atoms with Crippen LogP contribution in [0.3, 0.4) is 0 Å². The fraction of sp³-hybridized carbons (Fsp3) is 0.571. The van der Waals surface area contributed by atoms with Crippen molar-refractivity contribution in [2.24, 2.45) is 11.3 Å². The van der Waals surface area contributed by atoms with E-state index in [2.05, 4.69) is 0 Å². The second-order valence-electron chi connectivity index (χ2n) is 8.18. The van der Waals surface area contributed by atoms with Crippen LogP contribution in [0.25, 0.3) is 0 Å². The lowest BCUT2D eigenvalue weighted by Gasteiger charge is -2.24. The van der Waals surface area contributed by atoms with Crippen molar-refractivity contribution in [3.05, 3.63) is 35.9 Å². The summed E-state index contributed by atoms with van der Waals surface area (Å²) in [6.07, 6.45) is -1.51. The molecule has 2 heterocycles. The second-order valence-corrected chi connectivity index (χ2v) is 8.18. The summed E-state index contributed by atoms with van der Waals surface area (Å²) in [5.74, 6) is -2.34. The molecule has 1 aromatic carbocycles. The van der Waals surface area contributed by atoms with E-state index in [-0.39, 0.29) is 13.2 Å². The van der Waals surface area contributed by atoms with Crippen LogP contribution in [-0.2, 0) is 40.0 Å². The first-order chi connectivity index (χ1) is 13.7. The van der Waals surface area contributed by atoms with Gasteiger partial charge in [-0.2, -0.15) is 5.06 Å². The molecule has 0 N–H and O–H groups in total. The summed E-state index contributed by atoms with van der Waals surface area (Å²) in [6.45, 7) is 7.29. The van der Waals surface area contributed by atoms with Gasteiger partial charge in [0.05, 0.1) is 18.6 Å². The molecule has 2 fully saturated rings. The molecule has 0 radical (unpaired) electrons. The summed E-state index contributed by atoms with van der Waals surface area (Å²) in [5, 5.41) is 1.47. The number of carbonyl (C=O) groups excluding carboxylic acids is 3. The SMILES string of the molecule is CCOC(=O)[C@H]1[C@H]2C(=O)O[C@H](COC(=O)C(C)(C)C)[C@H]2ON1Cc1ccccc1. The van der Waals surface area contributed by atoms with Gasteiger partial charge in [0.2, 0.25) is 0 Å². The maximum absolute atomic E-state index is 12.6. The average molecular weight is 405 g/mol. The van der Waals surface area contributed by atoms with Crippen molar-refractivity contribution in [2.45, 2.75) is 52.5 Å². The smallest absolute Gasteiger partial charge is 0.326 e. The number of cyclic esters (lactones) is 1. The lowest BCUT2D eigenvalue weighted by Crippen LogP contribution is -2.42. The van der Waals surface area contributed by atoms with E-state index < -0.39 is 47.5 Å². The fourth-order valence-electron chi connectivity index (χ4n) is 3.40. The molecule has 0 unspecified atom stereocenters. The van der Waals surface area contributed by atoms with Gasteiger partial charge in [-0.15, -0.1) is 0 Å². The molecule has 2 aliphatic heterocycles. The standard InChI is InChI=1S/C21H27NO7/c1-5-26-19(24)16-15-17(29-22(16)11-13-9-7-6-8-10-13)14(28-18(15)23)12-27-20(25)21(2,3)4/h6-10,14-17H,5,11-12H2,1-4H3/t14-,15-,16-,17-/m1/s1. The highest BCUT2D eigenvalue weighted by Gasteiger charge is 2.60. The molecule has 0 aromatic heterocycles. The van der Waals surface area contributed by atoms with Crippen LogP contribution >= 0.6 is 0 Å². The Labute approximate surface area is 170 Å². The van der Waals surface area contributed by atoms with Crippen LogP contribution in [0.5, 0.6) is 0 Å². The lowest BCUT2D eigenvalue weighted by atomic mass is 9.94. The maximum Gasteiger partial charge on any atom is 0.326 e. The first-order valence-electron chi connectivity index (χ1n) is 9.74. The largest absolute Gasteiger partial charge is 0.465 e. The van der Waals surface area contributed by atoms with Crippen molar-refractivity contribution < 1.29 is 33.4 Å². The Morgan fingerprint density at radius 3 is 2.45 bits per heavy atom. The Morgan fingerprint density at radius 2 is 1.83 bits per heavy atom. The van der Waals surface area contributed by atoms with Gasteiger partial charge in [-0.25, -0.2) is 0 Å². The highest BCUT2D eigenvalue weighted by atomic mass is 16.7. The number of hydroxylamine groups is 2. The number of carbonyl (C=O) groups is 3. The predicted molar refractivity (Wildman–Crippen MR) is 101 cm³/mol. The zero-order valence-corrected chi connectivity index (χ0v) is 17.1. The number of hydrogen-bond acceptors (Lipinski definition) is 8. The third kappa shape index (κ3) is 4.59. The van der Waals surface area contributed by atoms with Crippen LogP contribution in [-0.4, -0.2) is 54.4 Å². The second kappa shape index (κ2) is 8.51. The maximum atomic E-state index is 12.6. The van der Waals surface area contributed by atoms with Crippen molar-refractivity contribution in [3.63, 3.8) is 0 Å². The normalized spacial score (nSPS) is 26.7. The highest BCUT2D eigenvalue weighted by molar-refractivity contribution is 5.87. The average Bonchev–Trinajstić information content (AvgIpc) is 3.17. The van der Waals surface area contributed by atoms with Gasteiger partial charge in [-0.3, -0.25) is 19.2 Å². The lowest BCUT2D eigenvalue weighted by molar-refractivity contribution is -0.207. The van der Waals surface area contributed by atoms with Crippen LogP contribution in [0.4, 0.5) is 0 Å². The van der Waals surface area contributed by atoms with Gasteiger partial charge in [-0.1, -0.05) is 30.3 Å². The molecular formula is C21H27NO7. The van der Waals surface area contributed by atoms with Crippen LogP contribution in [0.2, 0.25) is 0 Å². The molecule has 8 nitrogen and oxygen atoms in total. The topological polar surface area (TPSA) is 91.4 Å². The molecule has 1 aromatic rings. The van der Waals surface area contributed by atoms with Gasteiger partial charge >= 0.3 is 17.9 Å². The van der Waals surface area contributed by atoms with E-state index in [0.29, 0.717) is 6.54 Å². The Morgan fingerprint density at radius 1 is 1.14 bits per heavy atom. The van der Waals surface area contributed by atoms with Crippen LogP contribution in [0.1, 0.15) is 33.3 Å². The Kier molecular flexibility index (Phi) is 6.24. The first kappa shape index (κ1) is 21.3. The molecular weight excluding hydrogens is 378 g/mol. The summed E-state index contributed by atoms with van der Waals surface area (Å²) in [4.78, 5) is 43.2. The molecule has 4 atom stereocenters. The molecule has 0 aliphatic carbocycles. The summed E-state index contributed by atoms with van der Waals surface area (Å²) >= 11 is 0. The summed E-state index contributed by atoms with van der Waals surface area (Å²) in [7, 11) is 0. The van der Waals surface area contributed by atoms with E-state index in [1.165, 1.54) is 5.06 Å². The van der Waals surface area contributed by atoms with Crippen molar-refractivity contribution in [1.29, 1.82) is 0 Å². The van der Waals surface area contributed by atoms with Crippen LogP contribution in [0, 0.1) is 11.3 Å². The number of esters is 3. The number of fused-ring (bicyclic) bond motifs is 1. The molecule has 8 heteroatoms. The molecule has 158 valence electrons. The third-order valence-corrected chi connectivity index (χ3v) is 4.87. The molecule has 2 aliphatic rings. The molecule has 0 saturated carbocycles. The van der Waals surface area contributed by atoms with Gasteiger partial charge < -0.3 is 14.2 Å². The van der Waals surface area contributed by atoms with Crippen molar-refractivity contribution in [1.82, 2.24) is 5.06 Å². The molecule has 0 spiro atoms. The number of hydrogen-bond donors (Lipinski definition) is 0. The Balaban J connectivity index is 1.77. The van der Waals surface area contributed by atoms with E-state index in [9.17, 15) is 14.4 Å². The number of benzene rings is 1. The summed E-state index contributed by atoms with van der Waals surface area (Å²) in [5.41, 5.74) is 0.247. The van der Waals surface area contributed by atoms with Gasteiger partial charge in [0.15, 0.2) is 6.10 Å².